The number of carbonyl (C=O) groups is 1. The maximum Gasteiger partial charge on any atom is 0.255 e. The summed E-state index contributed by atoms with van der Waals surface area (Å²) in [5, 5.41) is 13.3. The summed E-state index contributed by atoms with van der Waals surface area (Å²) in [5.74, 6) is 0.366. The van der Waals surface area contributed by atoms with Crippen molar-refractivity contribution in [1.82, 2.24) is 10.2 Å². The highest BCUT2D eigenvalue weighted by Crippen LogP contribution is 2.21. The quantitative estimate of drug-likeness (QED) is 0.541. The molecule has 1 amide bonds. The summed E-state index contributed by atoms with van der Waals surface area (Å²) in [6.45, 7) is 2.46. The molecule has 0 bridgehead atoms. The van der Waals surface area contributed by atoms with Crippen LogP contribution in [-0.2, 0) is 0 Å². The number of amides is 1. The third-order valence-electron chi connectivity index (χ3n) is 4.38. The Kier molecular flexibility index (Phi) is 4.97. The van der Waals surface area contributed by atoms with E-state index in [1.165, 1.54) is 0 Å². The molecule has 4 rings (SSSR count). The Balaban J connectivity index is 1.48. The second kappa shape index (κ2) is 7.88. The van der Waals surface area contributed by atoms with E-state index in [0.717, 1.165) is 27.7 Å². The third kappa shape index (κ3) is 3.83. The minimum absolute atomic E-state index is 0.139. The lowest BCUT2D eigenvalue weighted by atomic mass is 10.1. The van der Waals surface area contributed by atoms with Crippen LogP contribution < -0.4 is 10.1 Å². The number of ether oxygens (including phenoxy) is 1. The molecular weight excluding hydrogens is 350 g/mol. The van der Waals surface area contributed by atoms with Gasteiger partial charge in [0.05, 0.1) is 12.3 Å². The van der Waals surface area contributed by atoms with Gasteiger partial charge in [-0.25, -0.2) is 0 Å². The first-order valence-electron chi connectivity index (χ1n) is 9.10. The van der Waals surface area contributed by atoms with Gasteiger partial charge in [0.1, 0.15) is 0 Å². The van der Waals surface area contributed by atoms with Crippen LogP contribution in [0.25, 0.3) is 22.0 Å². The molecule has 1 aromatic heterocycles. The van der Waals surface area contributed by atoms with Crippen molar-refractivity contribution in [3.05, 3.63) is 84.4 Å². The number of aromatic nitrogens is 2. The van der Waals surface area contributed by atoms with Crippen molar-refractivity contribution in [2.24, 2.45) is 0 Å². The molecule has 5 nitrogen and oxygen atoms in total. The number of nitrogens with one attached hydrogen (secondary N) is 1. The van der Waals surface area contributed by atoms with Crippen molar-refractivity contribution in [2.75, 3.05) is 11.9 Å². The lowest BCUT2D eigenvalue weighted by Crippen LogP contribution is -2.11. The lowest BCUT2D eigenvalue weighted by Gasteiger charge is -2.08. The zero-order chi connectivity index (χ0) is 19.3. The molecule has 0 aliphatic carbocycles. The minimum Gasteiger partial charge on any atom is -0.477 e. The Morgan fingerprint density at radius 1 is 0.893 bits per heavy atom. The van der Waals surface area contributed by atoms with Crippen LogP contribution in [0.4, 0.5) is 5.69 Å². The first-order valence-corrected chi connectivity index (χ1v) is 9.10. The van der Waals surface area contributed by atoms with Gasteiger partial charge < -0.3 is 10.1 Å². The Bertz CT molecular complexity index is 1110. The second-order valence-electron chi connectivity index (χ2n) is 6.28. The number of benzene rings is 3. The average molecular weight is 369 g/mol. The van der Waals surface area contributed by atoms with Crippen LogP contribution in [0.5, 0.6) is 5.88 Å². The fourth-order valence-corrected chi connectivity index (χ4v) is 2.96. The molecule has 0 aliphatic heterocycles. The number of hydrogen-bond donors (Lipinski definition) is 1. The van der Waals surface area contributed by atoms with Crippen LogP contribution in [0.3, 0.4) is 0 Å². The second-order valence-corrected chi connectivity index (χ2v) is 6.28. The van der Waals surface area contributed by atoms with E-state index in [1.807, 2.05) is 79.7 Å². The van der Waals surface area contributed by atoms with Crippen LogP contribution >= 0.6 is 0 Å². The molecule has 3 aromatic carbocycles. The standard InChI is InChI=1S/C23H19N3O2/c1-2-28-22-14-13-21(25-26-22)17-9-11-20(12-10-17)24-23(27)19-8-7-16-5-3-4-6-18(16)15-19/h3-15H,2H2,1H3,(H,24,27). The molecule has 0 spiro atoms. The normalized spacial score (nSPS) is 10.6. The van der Waals surface area contributed by atoms with Crippen LogP contribution in [0.15, 0.2) is 78.9 Å². The molecule has 0 unspecified atom stereocenters. The lowest BCUT2D eigenvalue weighted by molar-refractivity contribution is 0.102. The van der Waals surface area contributed by atoms with Crippen LogP contribution in [-0.4, -0.2) is 22.7 Å². The van der Waals surface area contributed by atoms with Crippen molar-refractivity contribution in [3.63, 3.8) is 0 Å². The predicted molar refractivity (Wildman–Crippen MR) is 111 cm³/mol. The van der Waals surface area contributed by atoms with Crippen molar-refractivity contribution >= 4 is 22.4 Å². The predicted octanol–water partition coefficient (Wildman–Crippen LogP) is 4.95. The number of nitrogens with zero attached hydrogens (tertiary/aromatic N) is 2. The Labute approximate surface area is 163 Å². The molecule has 4 aromatic rings. The van der Waals surface area contributed by atoms with Crippen LogP contribution in [0.1, 0.15) is 17.3 Å². The number of anilines is 1. The molecule has 1 heterocycles. The molecule has 0 saturated heterocycles. The summed E-state index contributed by atoms with van der Waals surface area (Å²) in [7, 11) is 0. The Hall–Kier alpha value is -3.73. The maximum absolute atomic E-state index is 12.6. The molecular formula is C23H19N3O2. The topological polar surface area (TPSA) is 64.1 Å². The summed E-state index contributed by atoms with van der Waals surface area (Å²) in [6, 6.07) is 24.8. The summed E-state index contributed by atoms with van der Waals surface area (Å²) >= 11 is 0. The molecule has 0 aliphatic rings. The highest BCUT2D eigenvalue weighted by atomic mass is 16.5. The van der Waals surface area contributed by atoms with Crippen molar-refractivity contribution in [1.29, 1.82) is 0 Å². The van der Waals surface area contributed by atoms with E-state index in [0.29, 0.717) is 18.1 Å². The van der Waals surface area contributed by atoms with Gasteiger partial charge in [-0.1, -0.05) is 42.5 Å². The van der Waals surface area contributed by atoms with E-state index in [9.17, 15) is 4.79 Å². The van der Waals surface area contributed by atoms with Gasteiger partial charge in [-0.3, -0.25) is 4.79 Å². The van der Waals surface area contributed by atoms with Gasteiger partial charge in [-0.2, -0.15) is 0 Å². The van der Waals surface area contributed by atoms with Gasteiger partial charge in [-0.05, 0) is 48.0 Å². The molecule has 1 N–H and O–H groups in total. The Morgan fingerprint density at radius 3 is 2.39 bits per heavy atom. The van der Waals surface area contributed by atoms with Gasteiger partial charge >= 0.3 is 0 Å². The van der Waals surface area contributed by atoms with E-state index in [4.69, 9.17) is 4.74 Å². The molecule has 0 saturated carbocycles. The van der Waals surface area contributed by atoms with E-state index in [2.05, 4.69) is 15.5 Å². The Morgan fingerprint density at radius 2 is 1.68 bits per heavy atom. The van der Waals surface area contributed by atoms with E-state index >= 15 is 0 Å². The smallest absolute Gasteiger partial charge is 0.255 e. The molecule has 138 valence electrons. The van der Waals surface area contributed by atoms with Gasteiger partial charge in [0, 0.05) is 22.9 Å². The maximum atomic E-state index is 12.6. The summed E-state index contributed by atoms with van der Waals surface area (Å²) in [5.41, 5.74) is 3.01. The van der Waals surface area contributed by atoms with E-state index in [-0.39, 0.29) is 5.91 Å². The van der Waals surface area contributed by atoms with Crippen LogP contribution in [0.2, 0.25) is 0 Å². The van der Waals surface area contributed by atoms with Crippen LogP contribution in [0, 0.1) is 0 Å². The number of fused-ring (bicyclic) bond motifs is 1. The third-order valence-corrected chi connectivity index (χ3v) is 4.38. The van der Waals surface area contributed by atoms with Gasteiger partial charge in [0.2, 0.25) is 5.88 Å². The summed E-state index contributed by atoms with van der Waals surface area (Å²) < 4.78 is 5.31. The monoisotopic (exact) mass is 369 g/mol. The number of hydrogen-bond acceptors (Lipinski definition) is 4. The first kappa shape index (κ1) is 17.7. The van der Waals surface area contributed by atoms with Crippen molar-refractivity contribution < 1.29 is 9.53 Å². The highest BCUT2D eigenvalue weighted by molar-refractivity contribution is 6.06. The van der Waals surface area contributed by atoms with Gasteiger partial charge in [0.25, 0.3) is 5.91 Å². The van der Waals surface area contributed by atoms with Crippen molar-refractivity contribution in [3.8, 4) is 17.1 Å². The average Bonchev–Trinajstić information content (AvgIpc) is 2.75. The van der Waals surface area contributed by atoms with Gasteiger partial charge in [-0.15, -0.1) is 10.2 Å². The number of carbonyl (C=O) groups excluding carboxylic acids is 1. The van der Waals surface area contributed by atoms with E-state index in [1.54, 1.807) is 6.07 Å². The summed E-state index contributed by atoms with van der Waals surface area (Å²) in [6.07, 6.45) is 0. The number of rotatable bonds is 5. The largest absolute Gasteiger partial charge is 0.477 e. The molecule has 0 fully saturated rings. The molecule has 28 heavy (non-hydrogen) atoms. The first-order chi connectivity index (χ1) is 13.7. The zero-order valence-corrected chi connectivity index (χ0v) is 15.4. The van der Waals surface area contributed by atoms with E-state index < -0.39 is 0 Å². The van der Waals surface area contributed by atoms with Gasteiger partial charge in [0.15, 0.2) is 0 Å². The molecule has 0 atom stereocenters. The van der Waals surface area contributed by atoms with Crippen molar-refractivity contribution in [2.45, 2.75) is 6.92 Å². The molecule has 5 heteroatoms. The highest BCUT2D eigenvalue weighted by Gasteiger charge is 2.08. The fraction of sp³-hybridized carbons (Fsp3) is 0.0870. The SMILES string of the molecule is CCOc1ccc(-c2ccc(NC(=O)c3ccc4ccccc4c3)cc2)nn1. The molecule has 0 radical (unpaired) electrons. The fourth-order valence-electron chi connectivity index (χ4n) is 2.96. The summed E-state index contributed by atoms with van der Waals surface area (Å²) in [4.78, 5) is 12.6. The minimum atomic E-state index is -0.139. The zero-order valence-electron chi connectivity index (χ0n) is 15.4.